The number of thioether (sulfide) groups is 1. The fraction of sp³-hybridized carbons (Fsp3) is 0.0714. The third kappa shape index (κ3) is 2.56. The Bertz CT molecular complexity index is 1010. The van der Waals surface area contributed by atoms with Crippen molar-refractivity contribution in [3.8, 4) is 6.07 Å². The maximum Gasteiger partial charge on any atom is 0.326 e. The van der Waals surface area contributed by atoms with Gasteiger partial charge in [-0.15, -0.1) is 23.1 Å². The molecule has 8 heteroatoms. The van der Waals surface area contributed by atoms with E-state index in [2.05, 4.69) is 9.97 Å². The van der Waals surface area contributed by atoms with E-state index in [4.69, 9.17) is 0 Å². The van der Waals surface area contributed by atoms with Crippen LogP contribution in [0.2, 0.25) is 0 Å². The molecule has 0 radical (unpaired) electrons. The third-order valence-electron chi connectivity index (χ3n) is 2.98. The van der Waals surface area contributed by atoms with Gasteiger partial charge in [-0.2, -0.15) is 5.26 Å². The monoisotopic (exact) mass is 333 g/mol. The number of nitriles is 1. The van der Waals surface area contributed by atoms with Crippen LogP contribution in [0.4, 0.5) is 4.39 Å². The summed E-state index contributed by atoms with van der Waals surface area (Å²) < 4.78 is 14.5. The van der Waals surface area contributed by atoms with Crippen LogP contribution in [-0.4, -0.2) is 9.97 Å². The molecule has 110 valence electrons. The van der Waals surface area contributed by atoms with E-state index >= 15 is 0 Å². The number of aromatic amines is 2. The van der Waals surface area contributed by atoms with Gasteiger partial charge < -0.3 is 4.98 Å². The number of hydrogen-bond acceptors (Lipinski definition) is 5. The Hall–Kier alpha value is -2.37. The molecule has 0 fully saturated rings. The van der Waals surface area contributed by atoms with E-state index in [1.165, 1.54) is 17.8 Å². The average molecular weight is 333 g/mol. The van der Waals surface area contributed by atoms with E-state index in [0.29, 0.717) is 15.5 Å². The minimum absolute atomic E-state index is 0.234. The van der Waals surface area contributed by atoms with Crippen molar-refractivity contribution in [2.75, 3.05) is 0 Å². The number of hydrogen-bond donors (Lipinski definition) is 2. The summed E-state index contributed by atoms with van der Waals surface area (Å²) in [5.41, 5.74) is -0.200. The molecule has 0 aliphatic heterocycles. The number of nitrogens with one attached hydrogen (secondary N) is 2. The molecule has 22 heavy (non-hydrogen) atoms. The van der Waals surface area contributed by atoms with Gasteiger partial charge in [-0.1, -0.05) is 18.2 Å². The van der Waals surface area contributed by atoms with Gasteiger partial charge in [-0.3, -0.25) is 9.78 Å². The van der Waals surface area contributed by atoms with Crippen molar-refractivity contribution in [3.05, 3.63) is 62.0 Å². The number of aromatic nitrogens is 2. The van der Waals surface area contributed by atoms with Crippen molar-refractivity contribution in [1.29, 1.82) is 5.26 Å². The van der Waals surface area contributed by atoms with E-state index < -0.39 is 11.2 Å². The lowest BCUT2D eigenvalue weighted by atomic mass is 10.2. The van der Waals surface area contributed by atoms with E-state index in [0.717, 1.165) is 11.3 Å². The summed E-state index contributed by atoms with van der Waals surface area (Å²) in [6.45, 7) is 0. The zero-order valence-electron chi connectivity index (χ0n) is 11.0. The van der Waals surface area contributed by atoms with Gasteiger partial charge >= 0.3 is 5.69 Å². The SMILES string of the molecule is N#Cc1c(SCc2ccccc2F)sc2c(=O)[nH]c(=O)[nH]c12. The molecule has 0 aliphatic rings. The number of thiophene rings is 1. The van der Waals surface area contributed by atoms with Crippen LogP contribution < -0.4 is 11.2 Å². The Morgan fingerprint density at radius 3 is 2.77 bits per heavy atom. The van der Waals surface area contributed by atoms with Crippen LogP contribution in [0.15, 0.2) is 38.1 Å². The molecule has 2 N–H and O–H groups in total. The van der Waals surface area contributed by atoms with Crippen LogP contribution in [0.1, 0.15) is 11.1 Å². The molecule has 0 atom stereocenters. The summed E-state index contributed by atoms with van der Waals surface area (Å²) in [5, 5.41) is 9.27. The first-order chi connectivity index (χ1) is 10.6. The molecule has 0 saturated carbocycles. The fourth-order valence-corrected chi connectivity index (χ4v) is 4.27. The van der Waals surface area contributed by atoms with Crippen molar-refractivity contribution in [1.82, 2.24) is 9.97 Å². The van der Waals surface area contributed by atoms with Crippen molar-refractivity contribution < 1.29 is 4.39 Å². The van der Waals surface area contributed by atoms with E-state index in [1.54, 1.807) is 18.2 Å². The molecule has 0 saturated heterocycles. The summed E-state index contributed by atoms with van der Waals surface area (Å²) in [6, 6.07) is 8.37. The Kier molecular flexibility index (Phi) is 3.83. The predicted molar refractivity (Wildman–Crippen MR) is 83.7 cm³/mol. The van der Waals surface area contributed by atoms with E-state index in [-0.39, 0.29) is 21.6 Å². The molecule has 0 aliphatic carbocycles. The summed E-state index contributed by atoms with van der Waals surface area (Å²) in [4.78, 5) is 27.7. The lowest BCUT2D eigenvalue weighted by Gasteiger charge is -2.01. The van der Waals surface area contributed by atoms with Crippen LogP contribution >= 0.6 is 23.1 Å². The largest absolute Gasteiger partial charge is 0.326 e. The number of nitrogens with zero attached hydrogens (tertiary/aromatic N) is 1. The minimum Gasteiger partial charge on any atom is -0.305 e. The first-order valence-corrected chi connectivity index (χ1v) is 7.95. The first kappa shape index (κ1) is 14.6. The highest BCUT2D eigenvalue weighted by molar-refractivity contribution is 8.00. The van der Waals surface area contributed by atoms with Crippen molar-refractivity contribution >= 4 is 33.3 Å². The molecule has 1 aromatic carbocycles. The van der Waals surface area contributed by atoms with Gasteiger partial charge in [-0.05, 0) is 11.6 Å². The van der Waals surface area contributed by atoms with Crippen molar-refractivity contribution in [2.24, 2.45) is 0 Å². The Balaban J connectivity index is 2.03. The number of fused-ring (bicyclic) bond motifs is 1. The zero-order chi connectivity index (χ0) is 15.7. The van der Waals surface area contributed by atoms with Gasteiger partial charge in [0, 0.05) is 5.75 Å². The molecule has 0 spiro atoms. The maximum atomic E-state index is 13.6. The molecule has 3 aromatic rings. The number of H-pyrrole nitrogens is 2. The Morgan fingerprint density at radius 2 is 2.05 bits per heavy atom. The van der Waals surface area contributed by atoms with Crippen LogP contribution in [0.25, 0.3) is 10.2 Å². The van der Waals surface area contributed by atoms with Gasteiger partial charge in [-0.25, -0.2) is 9.18 Å². The summed E-state index contributed by atoms with van der Waals surface area (Å²) in [6.07, 6.45) is 0. The Morgan fingerprint density at radius 1 is 1.27 bits per heavy atom. The van der Waals surface area contributed by atoms with E-state index in [1.807, 2.05) is 6.07 Å². The second-order valence-corrected chi connectivity index (χ2v) is 6.63. The molecule has 0 unspecified atom stereocenters. The van der Waals surface area contributed by atoms with Gasteiger partial charge in [0.1, 0.15) is 22.1 Å². The predicted octanol–water partition coefficient (Wildman–Crippen LogP) is 2.58. The standard InChI is InChI=1S/C14H8FN3O2S2/c15-9-4-2-1-3-7(9)6-21-13-8(5-16)10-11(22-13)12(19)18-14(20)17-10/h1-4H,6H2,(H2,17,18,19,20). The number of rotatable bonds is 3. The van der Waals surface area contributed by atoms with Crippen LogP contribution in [0, 0.1) is 17.1 Å². The van der Waals surface area contributed by atoms with Gasteiger partial charge in [0.2, 0.25) is 0 Å². The highest BCUT2D eigenvalue weighted by atomic mass is 32.2. The lowest BCUT2D eigenvalue weighted by Crippen LogP contribution is -2.20. The highest BCUT2D eigenvalue weighted by Crippen LogP contribution is 2.36. The van der Waals surface area contributed by atoms with Crippen LogP contribution in [-0.2, 0) is 5.75 Å². The molecule has 3 rings (SSSR count). The average Bonchev–Trinajstić information content (AvgIpc) is 2.84. The summed E-state index contributed by atoms with van der Waals surface area (Å²) >= 11 is 2.37. The van der Waals surface area contributed by atoms with Gasteiger partial charge in [0.15, 0.2) is 0 Å². The maximum absolute atomic E-state index is 13.6. The molecule has 5 nitrogen and oxygen atoms in total. The molecule has 0 amide bonds. The molecular formula is C14H8FN3O2S2. The normalized spacial score (nSPS) is 10.7. The quantitative estimate of drug-likeness (QED) is 0.721. The smallest absolute Gasteiger partial charge is 0.305 e. The van der Waals surface area contributed by atoms with Crippen molar-refractivity contribution in [3.63, 3.8) is 0 Å². The first-order valence-electron chi connectivity index (χ1n) is 6.15. The topological polar surface area (TPSA) is 89.5 Å². The number of halogens is 1. The van der Waals surface area contributed by atoms with Crippen LogP contribution in [0.5, 0.6) is 0 Å². The van der Waals surface area contributed by atoms with Crippen LogP contribution in [0.3, 0.4) is 0 Å². The third-order valence-corrected chi connectivity index (χ3v) is 5.48. The van der Waals surface area contributed by atoms with E-state index in [9.17, 15) is 19.2 Å². The summed E-state index contributed by atoms with van der Waals surface area (Å²) in [5.74, 6) is 0.0110. The highest BCUT2D eigenvalue weighted by Gasteiger charge is 2.16. The molecule has 2 heterocycles. The minimum atomic E-state index is -0.655. The van der Waals surface area contributed by atoms with Gasteiger partial charge in [0.05, 0.1) is 9.73 Å². The number of benzene rings is 1. The molecule has 2 aromatic heterocycles. The van der Waals surface area contributed by atoms with Crippen molar-refractivity contribution in [2.45, 2.75) is 9.96 Å². The summed E-state index contributed by atoms with van der Waals surface area (Å²) in [7, 11) is 0. The Labute approximate surface area is 131 Å². The molecular weight excluding hydrogens is 325 g/mol. The zero-order valence-corrected chi connectivity index (χ0v) is 12.6. The second-order valence-electron chi connectivity index (χ2n) is 4.37. The van der Waals surface area contributed by atoms with Gasteiger partial charge in [0.25, 0.3) is 5.56 Å². The lowest BCUT2D eigenvalue weighted by molar-refractivity contribution is 0.617. The fourth-order valence-electron chi connectivity index (χ4n) is 1.96. The second kappa shape index (κ2) is 5.79. The molecule has 0 bridgehead atoms.